The van der Waals surface area contributed by atoms with Crippen molar-refractivity contribution in [1.82, 2.24) is 19.6 Å². The normalized spacial score (nSPS) is 11.1. The fourth-order valence-corrected chi connectivity index (χ4v) is 4.37. The second kappa shape index (κ2) is 10.5. The van der Waals surface area contributed by atoms with E-state index in [0.717, 1.165) is 5.69 Å². The van der Waals surface area contributed by atoms with Gasteiger partial charge in [0.2, 0.25) is 0 Å². The van der Waals surface area contributed by atoms with E-state index in [-0.39, 0.29) is 24.0 Å². The molecule has 2 heterocycles. The highest BCUT2D eigenvalue weighted by Gasteiger charge is 2.17. The van der Waals surface area contributed by atoms with Gasteiger partial charge in [-0.1, -0.05) is 46.9 Å². The Balaban J connectivity index is 1.48. The van der Waals surface area contributed by atoms with Crippen molar-refractivity contribution in [1.29, 1.82) is 0 Å². The van der Waals surface area contributed by atoms with Gasteiger partial charge in [-0.3, -0.25) is 9.36 Å². The van der Waals surface area contributed by atoms with Crippen LogP contribution >= 0.6 is 47.0 Å². The van der Waals surface area contributed by atoms with Crippen LogP contribution in [0.15, 0.2) is 42.6 Å². The maximum Gasteiger partial charge on any atom is 0.176 e. The summed E-state index contributed by atoms with van der Waals surface area (Å²) in [7, 11) is 0. The van der Waals surface area contributed by atoms with Crippen LogP contribution in [0.5, 0.6) is 0 Å². The molecule has 0 radical (unpaired) electrons. The third kappa shape index (κ3) is 5.59. The summed E-state index contributed by atoms with van der Waals surface area (Å²) in [5.74, 6) is -0.549. The van der Waals surface area contributed by atoms with Crippen molar-refractivity contribution in [3.8, 4) is 0 Å². The van der Waals surface area contributed by atoms with Crippen LogP contribution in [0, 0.1) is 25.5 Å². The number of rotatable bonds is 6. The molecule has 0 unspecified atom stereocenters. The highest BCUT2D eigenvalue weighted by Crippen LogP contribution is 2.26. The molecule has 2 N–H and O–H groups in total. The van der Waals surface area contributed by atoms with E-state index >= 15 is 0 Å². The SMILES string of the molecule is Cc1nn(Cc2c(F)cccc2Cl)c(C)c1NC(=S)Nc1nn(Cc2c(F)cccc2Cl)cc1Cl. The number of hydrogen-bond donors (Lipinski definition) is 2. The maximum absolute atomic E-state index is 14.2. The van der Waals surface area contributed by atoms with Crippen LogP contribution in [0.4, 0.5) is 20.3 Å². The van der Waals surface area contributed by atoms with Crippen molar-refractivity contribution >= 4 is 63.6 Å². The van der Waals surface area contributed by atoms with E-state index in [1.54, 1.807) is 36.0 Å². The highest BCUT2D eigenvalue weighted by molar-refractivity contribution is 7.80. The highest BCUT2D eigenvalue weighted by atomic mass is 35.5. The van der Waals surface area contributed by atoms with E-state index < -0.39 is 11.6 Å². The Morgan fingerprint density at radius 1 is 0.886 bits per heavy atom. The summed E-state index contributed by atoms with van der Waals surface area (Å²) in [6, 6.07) is 9.01. The van der Waals surface area contributed by atoms with E-state index in [1.165, 1.54) is 22.9 Å². The van der Waals surface area contributed by atoms with Gasteiger partial charge in [0.05, 0.1) is 30.2 Å². The van der Waals surface area contributed by atoms with Crippen molar-refractivity contribution in [3.05, 3.63) is 91.8 Å². The molecule has 12 heteroatoms. The van der Waals surface area contributed by atoms with Crippen LogP contribution in [-0.2, 0) is 13.1 Å². The Bertz CT molecular complexity index is 1380. The van der Waals surface area contributed by atoms with E-state index in [4.69, 9.17) is 47.0 Å². The molecule has 0 saturated heterocycles. The Morgan fingerprint density at radius 2 is 1.49 bits per heavy atom. The molecule has 35 heavy (non-hydrogen) atoms. The van der Waals surface area contributed by atoms with Gasteiger partial charge in [0.1, 0.15) is 16.7 Å². The molecule has 0 aliphatic carbocycles. The molecule has 0 aliphatic rings. The Morgan fingerprint density at radius 3 is 2.09 bits per heavy atom. The Labute approximate surface area is 220 Å². The predicted octanol–water partition coefficient (Wildman–Crippen LogP) is 6.84. The van der Waals surface area contributed by atoms with E-state index in [9.17, 15) is 8.78 Å². The molecule has 4 aromatic rings. The van der Waals surface area contributed by atoms with Gasteiger partial charge >= 0.3 is 0 Å². The predicted molar refractivity (Wildman–Crippen MR) is 140 cm³/mol. The number of nitrogens with one attached hydrogen (secondary N) is 2. The fourth-order valence-electron chi connectivity index (χ4n) is 3.53. The minimum absolute atomic E-state index is 0.0939. The average molecular weight is 556 g/mol. The summed E-state index contributed by atoms with van der Waals surface area (Å²) in [5.41, 5.74) is 2.69. The lowest BCUT2D eigenvalue weighted by Crippen LogP contribution is -2.20. The number of thiocarbonyl (C=S) groups is 1. The second-order valence-corrected chi connectivity index (χ2v) is 9.34. The van der Waals surface area contributed by atoms with Crippen molar-refractivity contribution in [2.24, 2.45) is 0 Å². The Kier molecular flexibility index (Phi) is 7.61. The quantitative estimate of drug-likeness (QED) is 0.255. The molecule has 6 nitrogen and oxygen atoms in total. The van der Waals surface area contributed by atoms with Gasteiger partial charge < -0.3 is 10.6 Å². The van der Waals surface area contributed by atoms with Crippen molar-refractivity contribution in [2.75, 3.05) is 10.6 Å². The molecule has 182 valence electrons. The monoisotopic (exact) mass is 554 g/mol. The number of aryl methyl sites for hydroxylation is 1. The summed E-state index contributed by atoms with van der Waals surface area (Å²) >= 11 is 24.0. The van der Waals surface area contributed by atoms with Gasteiger partial charge in [-0.05, 0) is 50.3 Å². The zero-order valence-electron chi connectivity index (χ0n) is 18.5. The number of anilines is 2. The molecule has 4 rings (SSSR count). The van der Waals surface area contributed by atoms with E-state index in [0.29, 0.717) is 37.6 Å². The topological polar surface area (TPSA) is 59.7 Å². The van der Waals surface area contributed by atoms with Crippen LogP contribution in [0.2, 0.25) is 15.1 Å². The molecule has 0 atom stereocenters. The summed E-state index contributed by atoms with van der Waals surface area (Å²) in [6.45, 7) is 3.89. The van der Waals surface area contributed by atoms with Crippen LogP contribution < -0.4 is 10.6 Å². The van der Waals surface area contributed by atoms with Crippen molar-refractivity contribution < 1.29 is 8.78 Å². The largest absolute Gasteiger partial charge is 0.329 e. The van der Waals surface area contributed by atoms with Crippen molar-refractivity contribution in [3.63, 3.8) is 0 Å². The zero-order chi connectivity index (χ0) is 25.3. The molecule has 0 bridgehead atoms. The molecule has 0 amide bonds. The number of benzene rings is 2. The lowest BCUT2D eigenvalue weighted by molar-refractivity contribution is 0.579. The van der Waals surface area contributed by atoms with Gasteiger partial charge in [-0.25, -0.2) is 8.78 Å². The first-order valence-electron chi connectivity index (χ1n) is 10.3. The van der Waals surface area contributed by atoms with Crippen molar-refractivity contribution in [2.45, 2.75) is 26.9 Å². The third-order valence-corrected chi connectivity index (χ3v) is 6.51. The number of halogens is 5. The van der Waals surface area contributed by atoms with Crippen LogP contribution in [0.25, 0.3) is 0 Å². The molecular weight excluding hydrogens is 537 g/mol. The molecule has 0 fully saturated rings. The lowest BCUT2D eigenvalue weighted by atomic mass is 10.2. The maximum atomic E-state index is 14.2. The minimum atomic E-state index is -0.435. The minimum Gasteiger partial charge on any atom is -0.329 e. The van der Waals surface area contributed by atoms with Crippen LogP contribution in [0.3, 0.4) is 0 Å². The average Bonchev–Trinajstić information content (AvgIpc) is 3.26. The molecule has 2 aromatic carbocycles. The van der Waals surface area contributed by atoms with Crippen LogP contribution in [-0.4, -0.2) is 24.7 Å². The van der Waals surface area contributed by atoms with Gasteiger partial charge in [0.15, 0.2) is 10.9 Å². The molecular formula is C23H19Cl3F2N6S. The van der Waals surface area contributed by atoms with Gasteiger partial charge in [0.25, 0.3) is 0 Å². The molecule has 0 spiro atoms. The van der Waals surface area contributed by atoms with Gasteiger partial charge in [0, 0.05) is 27.4 Å². The smallest absolute Gasteiger partial charge is 0.176 e. The molecule has 2 aromatic heterocycles. The first kappa shape index (κ1) is 25.4. The Hall–Kier alpha value is -2.72. The fraction of sp³-hybridized carbons (Fsp3) is 0.174. The summed E-state index contributed by atoms with van der Waals surface area (Å²) < 4.78 is 31.4. The first-order chi connectivity index (χ1) is 16.6. The van der Waals surface area contributed by atoms with E-state index in [1.807, 2.05) is 6.92 Å². The van der Waals surface area contributed by atoms with Gasteiger partial charge in [-0.15, -0.1) is 0 Å². The first-order valence-corrected chi connectivity index (χ1v) is 11.9. The molecule has 0 aliphatic heterocycles. The lowest BCUT2D eigenvalue weighted by Gasteiger charge is -2.11. The number of nitrogens with zero attached hydrogens (tertiary/aromatic N) is 4. The number of aromatic nitrogens is 4. The second-order valence-electron chi connectivity index (χ2n) is 7.71. The zero-order valence-corrected chi connectivity index (χ0v) is 21.6. The summed E-state index contributed by atoms with van der Waals surface area (Å²) in [5, 5.41) is 16.0. The number of hydrogen-bond acceptors (Lipinski definition) is 3. The van der Waals surface area contributed by atoms with E-state index in [2.05, 4.69) is 20.8 Å². The molecule has 0 saturated carbocycles. The summed E-state index contributed by atoms with van der Waals surface area (Å²) in [6.07, 6.45) is 1.54. The van der Waals surface area contributed by atoms with Crippen LogP contribution in [0.1, 0.15) is 22.5 Å². The van der Waals surface area contributed by atoms with Gasteiger partial charge in [-0.2, -0.15) is 10.2 Å². The third-order valence-electron chi connectivity index (χ3n) is 5.32. The summed E-state index contributed by atoms with van der Waals surface area (Å²) in [4.78, 5) is 0. The standard InChI is InChI=1S/C23H19Cl3F2N6S/c1-12-21(13(2)34(31-12)10-15-17(25)6-4-8-20(15)28)29-23(35)30-22-18(26)11-33(32-22)9-14-16(24)5-3-7-19(14)27/h3-8,11H,9-10H2,1-2H3,(H2,29,30,32,35).